The zero-order valence-electron chi connectivity index (χ0n) is 55.4. The van der Waals surface area contributed by atoms with Crippen LogP contribution in [0.2, 0.25) is 15.1 Å². The Hall–Kier alpha value is -11.4. The van der Waals surface area contributed by atoms with Gasteiger partial charge < -0.3 is 30.7 Å². The van der Waals surface area contributed by atoms with E-state index in [9.17, 15) is 28.8 Å². The van der Waals surface area contributed by atoms with Crippen molar-refractivity contribution in [2.24, 2.45) is 0 Å². The van der Waals surface area contributed by atoms with E-state index in [1.807, 2.05) is 114 Å². The standard InChI is InChI=1S/C26H24ClN5O2.2C26H22ClN5O2/c3*1-28-19-10-7-17(8-11-19)15-31-16-20-5-3-2-4-6-25(33)29-22-13-18(27)9-12-21(22)23-14-24(26(31)34)32(20)30-23/h7-14,20H,2-6,15-16H2,(H,29,33);2*2,4,7-14,20H,3,5-6,15-16H2,(H,29,33)/b;4-2+;4-2-. The van der Waals surface area contributed by atoms with E-state index in [1.165, 1.54) is 0 Å². The molecule has 24 heteroatoms. The van der Waals surface area contributed by atoms with E-state index in [4.69, 9.17) is 69.8 Å². The minimum atomic E-state index is -0.131. The van der Waals surface area contributed by atoms with E-state index < -0.39 is 0 Å². The predicted molar refractivity (Wildman–Crippen MR) is 392 cm³/mol. The average molecular weight is 1420 g/mol. The zero-order valence-corrected chi connectivity index (χ0v) is 57.6. The fourth-order valence-electron chi connectivity index (χ4n) is 13.5. The minimum absolute atomic E-state index is 0.00813. The molecule has 102 heavy (non-hydrogen) atoms. The number of nitrogens with zero attached hydrogens (tertiary/aromatic N) is 12. The van der Waals surface area contributed by atoms with Crippen molar-refractivity contribution in [2.75, 3.05) is 35.6 Å². The molecule has 0 saturated heterocycles. The van der Waals surface area contributed by atoms with E-state index in [0.717, 1.165) is 84.7 Å². The number of hydrogen-bond acceptors (Lipinski definition) is 9. The van der Waals surface area contributed by atoms with Crippen LogP contribution in [-0.4, -0.2) is 99.1 Å². The maximum atomic E-state index is 13.5. The molecule has 3 unspecified atom stereocenters. The lowest BCUT2D eigenvalue weighted by molar-refractivity contribution is -0.116. The van der Waals surface area contributed by atoms with Crippen molar-refractivity contribution in [1.82, 2.24) is 44.0 Å². The Morgan fingerprint density at radius 1 is 0.392 bits per heavy atom. The molecule has 6 aromatic carbocycles. The van der Waals surface area contributed by atoms with E-state index in [0.29, 0.717) is 129 Å². The van der Waals surface area contributed by atoms with Gasteiger partial charge in [0.25, 0.3) is 17.7 Å². The quantitative estimate of drug-likeness (QED) is 0.106. The van der Waals surface area contributed by atoms with E-state index in [-0.39, 0.29) is 66.4 Å². The van der Waals surface area contributed by atoms with Crippen LogP contribution in [0.1, 0.15) is 137 Å². The summed E-state index contributed by atoms with van der Waals surface area (Å²) < 4.78 is 5.54. The largest absolute Gasteiger partial charge is 0.331 e. The van der Waals surface area contributed by atoms with Crippen molar-refractivity contribution >= 4 is 104 Å². The molecule has 15 rings (SSSR count). The molecule has 6 amide bonds. The predicted octanol–water partition coefficient (Wildman–Crippen LogP) is 17.1. The molecule has 6 aliphatic rings. The van der Waals surface area contributed by atoms with Crippen molar-refractivity contribution in [3.8, 4) is 33.8 Å². The second-order valence-electron chi connectivity index (χ2n) is 25.8. The number of rotatable bonds is 6. The van der Waals surface area contributed by atoms with Crippen LogP contribution < -0.4 is 16.0 Å². The Balaban J connectivity index is 0.000000137. The number of benzene rings is 6. The first-order chi connectivity index (χ1) is 49.5. The van der Waals surface area contributed by atoms with Gasteiger partial charge in [0.1, 0.15) is 17.1 Å². The molecule has 0 spiro atoms. The minimum Gasteiger partial charge on any atom is -0.331 e. The number of hydrogen-bond donors (Lipinski definition) is 3. The second-order valence-corrected chi connectivity index (χ2v) is 27.1. The fourth-order valence-corrected chi connectivity index (χ4v) is 14.1. The first-order valence-corrected chi connectivity index (χ1v) is 34.8. The van der Waals surface area contributed by atoms with Crippen LogP contribution in [0, 0.1) is 19.7 Å². The molecule has 3 aromatic heterocycles. The third kappa shape index (κ3) is 15.8. The number of allylic oxidation sites excluding steroid dienone is 2. The Morgan fingerprint density at radius 3 is 1.07 bits per heavy atom. The molecule has 6 aliphatic heterocycles. The van der Waals surface area contributed by atoms with Crippen molar-refractivity contribution in [1.29, 1.82) is 0 Å². The van der Waals surface area contributed by atoms with Gasteiger partial charge in [0.2, 0.25) is 17.7 Å². The summed E-state index contributed by atoms with van der Waals surface area (Å²) in [4.78, 5) is 93.5. The summed E-state index contributed by atoms with van der Waals surface area (Å²) in [5.74, 6) is -0.561. The molecular weight excluding hydrogens is 1350 g/mol. The molecule has 9 heterocycles. The van der Waals surface area contributed by atoms with Gasteiger partial charge in [-0.25, -0.2) is 14.5 Å². The molecule has 0 fully saturated rings. The zero-order chi connectivity index (χ0) is 71.0. The third-order valence-corrected chi connectivity index (χ3v) is 19.4. The number of carbonyl (C=O) groups excluding carboxylic acids is 6. The van der Waals surface area contributed by atoms with Crippen molar-refractivity contribution in [3.63, 3.8) is 0 Å². The van der Waals surface area contributed by atoms with Crippen LogP contribution in [0.5, 0.6) is 0 Å². The summed E-state index contributed by atoms with van der Waals surface area (Å²) in [5.41, 5.74) is 12.1. The molecule has 0 radical (unpaired) electrons. The van der Waals surface area contributed by atoms with Crippen LogP contribution >= 0.6 is 34.8 Å². The van der Waals surface area contributed by atoms with Crippen LogP contribution in [0.25, 0.3) is 48.3 Å². The topological polar surface area (TPSA) is 215 Å². The van der Waals surface area contributed by atoms with E-state index in [2.05, 4.69) is 30.5 Å². The Bertz CT molecular complexity index is 4730. The molecule has 3 atom stereocenters. The van der Waals surface area contributed by atoms with Gasteiger partial charge in [0.05, 0.1) is 72.0 Å². The molecule has 3 N–H and O–H groups in total. The summed E-state index contributed by atoms with van der Waals surface area (Å²) in [6.45, 7) is 24.5. The Morgan fingerprint density at radius 2 is 0.725 bits per heavy atom. The van der Waals surface area contributed by atoms with Gasteiger partial charge in [-0.15, -0.1) is 0 Å². The number of anilines is 3. The van der Waals surface area contributed by atoms with Gasteiger partial charge in [-0.3, -0.25) is 42.8 Å². The monoisotopic (exact) mass is 1420 g/mol. The van der Waals surface area contributed by atoms with Crippen LogP contribution in [0.3, 0.4) is 0 Å². The fraction of sp³-hybridized carbons (Fsp3) is 0.256. The van der Waals surface area contributed by atoms with Gasteiger partial charge in [-0.2, -0.15) is 15.3 Å². The summed E-state index contributed by atoms with van der Waals surface area (Å²) in [6, 6.07) is 43.4. The van der Waals surface area contributed by atoms with Crippen LogP contribution in [-0.2, 0) is 34.0 Å². The number of amides is 6. The van der Waals surface area contributed by atoms with Crippen LogP contribution in [0.15, 0.2) is 170 Å². The van der Waals surface area contributed by atoms with Crippen molar-refractivity contribution in [3.05, 3.63) is 253 Å². The second kappa shape index (κ2) is 31.0. The van der Waals surface area contributed by atoms with Gasteiger partial charge in [-0.1, -0.05) is 145 Å². The summed E-state index contributed by atoms with van der Waals surface area (Å²) >= 11 is 18.6. The first kappa shape index (κ1) is 69.1. The van der Waals surface area contributed by atoms with Crippen molar-refractivity contribution in [2.45, 2.75) is 108 Å². The van der Waals surface area contributed by atoms with Gasteiger partial charge in [0.15, 0.2) is 17.1 Å². The Kier molecular flexibility index (Phi) is 21.0. The van der Waals surface area contributed by atoms with Gasteiger partial charge >= 0.3 is 0 Å². The first-order valence-electron chi connectivity index (χ1n) is 33.7. The molecule has 0 saturated carbocycles. The lowest BCUT2D eigenvalue weighted by Gasteiger charge is -2.33. The summed E-state index contributed by atoms with van der Waals surface area (Å²) in [5, 5.41) is 24.8. The average Bonchev–Trinajstić information content (AvgIpc) is 1.62. The maximum absolute atomic E-state index is 13.5. The molecule has 21 nitrogen and oxygen atoms in total. The number of aromatic nitrogens is 6. The number of fused-ring (bicyclic) bond motifs is 9. The molecule has 6 bridgehead atoms. The highest BCUT2D eigenvalue weighted by molar-refractivity contribution is 6.32. The normalized spacial score (nSPS) is 18.4. The molecular formula is C78H68Cl3N15O6. The molecule has 0 aliphatic carbocycles. The van der Waals surface area contributed by atoms with E-state index >= 15 is 0 Å². The summed E-state index contributed by atoms with van der Waals surface area (Å²) in [7, 11) is 0. The third-order valence-electron chi connectivity index (χ3n) is 18.7. The maximum Gasteiger partial charge on any atom is 0.272 e. The number of halogens is 3. The summed E-state index contributed by atoms with van der Waals surface area (Å²) in [6.07, 6.45) is 15.5. The lowest BCUT2D eigenvalue weighted by Crippen LogP contribution is -2.42. The SMILES string of the molecule is [C-]#[N+]c1ccc(CN2CC3CC/C=C/CC(=O)Nc4cc(Cl)ccc4-c4cc(n3n4)C2=O)cc1.[C-]#[N+]c1ccc(CN2CC3CC/C=C\CC(=O)Nc4cc(Cl)ccc4-c4cc(n3n4)C2=O)cc1.[C-]#[N+]c1ccc(CN2CC3CCCCCC(=O)Nc4cc(Cl)ccc4-c4cc(n3n4)C2=O)cc1. The van der Waals surface area contributed by atoms with E-state index in [1.54, 1.807) is 84.9 Å². The molecule has 512 valence electrons. The highest BCUT2D eigenvalue weighted by Gasteiger charge is 2.37. The Labute approximate surface area is 604 Å². The van der Waals surface area contributed by atoms with Crippen molar-refractivity contribution < 1.29 is 28.8 Å². The van der Waals surface area contributed by atoms with Crippen LogP contribution in [0.4, 0.5) is 34.1 Å². The highest BCUT2D eigenvalue weighted by Crippen LogP contribution is 2.39. The smallest absolute Gasteiger partial charge is 0.272 e. The van der Waals surface area contributed by atoms with Gasteiger partial charge in [-0.05, 0) is 128 Å². The van der Waals surface area contributed by atoms with Gasteiger partial charge in [0, 0.05) is 90.3 Å². The molecule has 9 aromatic rings. The number of carbonyl (C=O) groups is 6. The number of nitrogens with one attached hydrogen (secondary N) is 3. The lowest BCUT2D eigenvalue weighted by atomic mass is 10.0. The highest BCUT2D eigenvalue weighted by atomic mass is 35.5.